The molecule has 4 rings (SSSR count). The lowest BCUT2D eigenvalue weighted by Crippen LogP contribution is -2.53. The summed E-state index contributed by atoms with van der Waals surface area (Å²) < 4.78 is 20.3. The molecular weight excluding hydrogens is 369 g/mol. The SMILES string of the molecule is Fc1cc(Br)cc(C2=CC3COCC(C2)N3Cc2ccccc2)c1. The molecule has 2 heterocycles. The molecule has 0 aliphatic carbocycles. The summed E-state index contributed by atoms with van der Waals surface area (Å²) in [6, 6.07) is 16.2. The maximum atomic E-state index is 13.7. The molecule has 2 atom stereocenters. The van der Waals surface area contributed by atoms with Crippen molar-refractivity contribution in [3.8, 4) is 0 Å². The molecule has 2 aromatic carbocycles. The molecule has 2 aliphatic rings. The van der Waals surface area contributed by atoms with Crippen molar-refractivity contribution in [1.29, 1.82) is 0 Å². The Bertz CT molecular complexity index is 741. The van der Waals surface area contributed by atoms with Gasteiger partial charge in [0.15, 0.2) is 0 Å². The number of hydrogen-bond donors (Lipinski definition) is 0. The van der Waals surface area contributed by atoms with Crippen molar-refractivity contribution in [3.63, 3.8) is 0 Å². The molecule has 0 radical (unpaired) electrons. The minimum Gasteiger partial charge on any atom is -0.378 e. The Kier molecular flexibility index (Phi) is 4.53. The summed E-state index contributed by atoms with van der Waals surface area (Å²) in [5.41, 5.74) is 3.51. The van der Waals surface area contributed by atoms with Crippen LogP contribution in [0, 0.1) is 5.82 Å². The van der Waals surface area contributed by atoms with Crippen LogP contribution in [-0.4, -0.2) is 30.2 Å². The van der Waals surface area contributed by atoms with E-state index >= 15 is 0 Å². The van der Waals surface area contributed by atoms with E-state index in [4.69, 9.17) is 4.74 Å². The molecule has 1 saturated heterocycles. The van der Waals surface area contributed by atoms with E-state index in [9.17, 15) is 4.39 Å². The van der Waals surface area contributed by atoms with Gasteiger partial charge in [0.05, 0.1) is 19.3 Å². The van der Waals surface area contributed by atoms with Crippen LogP contribution in [0.4, 0.5) is 4.39 Å². The molecule has 2 nitrogen and oxygen atoms in total. The number of rotatable bonds is 3. The molecule has 2 aromatic rings. The molecule has 0 spiro atoms. The fourth-order valence-corrected chi connectivity index (χ4v) is 4.12. The van der Waals surface area contributed by atoms with Crippen LogP contribution in [0.5, 0.6) is 0 Å². The van der Waals surface area contributed by atoms with Crippen LogP contribution in [0.3, 0.4) is 0 Å². The molecule has 24 heavy (non-hydrogen) atoms. The van der Waals surface area contributed by atoms with E-state index in [0.29, 0.717) is 12.6 Å². The average Bonchev–Trinajstić information content (AvgIpc) is 2.54. The summed E-state index contributed by atoms with van der Waals surface area (Å²) in [6.45, 7) is 2.36. The maximum Gasteiger partial charge on any atom is 0.124 e. The monoisotopic (exact) mass is 387 g/mol. The van der Waals surface area contributed by atoms with Gasteiger partial charge in [-0.2, -0.15) is 0 Å². The van der Waals surface area contributed by atoms with Crippen LogP contribution in [0.15, 0.2) is 59.1 Å². The second kappa shape index (κ2) is 6.79. The lowest BCUT2D eigenvalue weighted by molar-refractivity contribution is -0.0402. The Morgan fingerprint density at radius 1 is 1.12 bits per heavy atom. The fraction of sp³-hybridized carbons (Fsp3) is 0.300. The standard InChI is InChI=1S/C20H19BrFNO/c21-17-6-15(7-18(22)10-17)16-8-19-12-24-13-20(9-16)23(19)11-14-4-2-1-3-5-14/h1-8,10,19-20H,9,11-13H2. The zero-order valence-corrected chi connectivity index (χ0v) is 14.9. The lowest BCUT2D eigenvalue weighted by atomic mass is 9.89. The molecule has 2 bridgehead atoms. The first kappa shape index (κ1) is 16.0. The van der Waals surface area contributed by atoms with Gasteiger partial charge >= 0.3 is 0 Å². The van der Waals surface area contributed by atoms with Gasteiger partial charge in [-0.3, -0.25) is 4.90 Å². The third-order valence-electron chi connectivity index (χ3n) is 4.78. The first-order valence-electron chi connectivity index (χ1n) is 8.23. The first-order valence-corrected chi connectivity index (χ1v) is 9.03. The Morgan fingerprint density at radius 3 is 2.71 bits per heavy atom. The Hall–Kier alpha value is -1.49. The smallest absolute Gasteiger partial charge is 0.124 e. The molecular formula is C20H19BrFNO. The van der Waals surface area contributed by atoms with Crippen molar-refractivity contribution >= 4 is 21.5 Å². The highest BCUT2D eigenvalue weighted by atomic mass is 79.9. The molecule has 0 N–H and O–H groups in total. The summed E-state index contributed by atoms with van der Waals surface area (Å²) in [5, 5.41) is 0. The predicted molar refractivity (Wildman–Crippen MR) is 97.1 cm³/mol. The highest BCUT2D eigenvalue weighted by Gasteiger charge is 2.34. The molecule has 4 heteroatoms. The Labute approximate surface area is 150 Å². The number of halogens is 2. The number of hydrogen-bond acceptors (Lipinski definition) is 2. The molecule has 2 unspecified atom stereocenters. The van der Waals surface area contributed by atoms with E-state index < -0.39 is 0 Å². The average molecular weight is 388 g/mol. The van der Waals surface area contributed by atoms with Crippen molar-refractivity contribution in [3.05, 3.63) is 76.0 Å². The van der Waals surface area contributed by atoms with E-state index in [2.05, 4.69) is 51.2 Å². The van der Waals surface area contributed by atoms with Gasteiger partial charge in [-0.25, -0.2) is 4.39 Å². The van der Waals surface area contributed by atoms with Crippen molar-refractivity contribution < 1.29 is 9.13 Å². The molecule has 0 aromatic heterocycles. The summed E-state index contributed by atoms with van der Waals surface area (Å²) >= 11 is 3.39. The topological polar surface area (TPSA) is 12.5 Å². The van der Waals surface area contributed by atoms with Crippen LogP contribution >= 0.6 is 15.9 Å². The predicted octanol–water partition coefficient (Wildman–Crippen LogP) is 4.64. The third kappa shape index (κ3) is 3.32. The number of morpholine rings is 1. The van der Waals surface area contributed by atoms with Crippen LogP contribution in [-0.2, 0) is 11.3 Å². The van der Waals surface area contributed by atoms with Gasteiger partial charge in [-0.15, -0.1) is 0 Å². The van der Waals surface area contributed by atoms with Gasteiger partial charge in [0, 0.05) is 17.1 Å². The second-order valence-corrected chi connectivity index (χ2v) is 7.39. The van der Waals surface area contributed by atoms with Crippen LogP contribution in [0.1, 0.15) is 17.5 Å². The van der Waals surface area contributed by atoms with E-state index in [1.54, 1.807) is 6.07 Å². The minimum absolute atomic E-state index is 0.201. The third-order valence-corrected chi connectivity index (χ3v) is 5.24. The Balaban J connectivity index is 1.62. The van der Waals surface area contributed by atoms with E-state index in [0.717, 1.165) is 29.6 Å². The first-order chi connectivity index (χ1) is 11.7. The molecule has 0 saturated carbocycles. The summed E-state index contributed by atoms with van der Waals surface area (Å²) in [5.74, 6) is -0.201. The van der Waals surface area contributed by atoms with Crippen molar-refractivity contribution in [2.45, 2.75) is 25.0 Å². The van der Waals surface area contributed by atoms with Crippen LogP contribution in [0.25, 0.3) is 5.57 Å². The number of benzene rings is 2. The van der Waals surface area contributed by atoms with Gasteiger partial charge in [-0.1, -0.05) is 52.3 Å². The number of nitrogens with zero attached hydrogens (tertiary/aromatic N) is 1. The van der Waals surface area contributed by atoms with Gasteiger partial charge in [0.1, 0.15) is 5.82 Å². The van der Waals surface area contributed by atoms with E-state index in [1.165, 1.54) is 17.2 Å². The van der Waals surface area contributed by atoms with Gasteiger partial charge in [0.25, 0.3) is 0 Å². The molecule has 2 aliphatic heterocycles. The van der Waals surface area contributed by atoms with Crippen molar-refractivity contribution in [1.82, 2.24) is 4.90 Å². The zero-order valence-electron chi connectivity index (χ0n) is 13.3. The van der Waals surface area contributed by atoms with Gasteiger partial charge in [0.2, 0.25) is 0 Å². The van der Waals surface area contributed by atoms with E-state index in [-0.39, 0.29) is 11.9 Å². The van der Waals surface area contributed by atoms with E-state index in [1.807, 2.05) is 12.1 Å². The number of fused-ring (bicyclic) bond motifs is 2. The lowest BCUT2D eigenvalue weighted by Gasteiger charge is -2.44. The largest absolute Gasteiger partial charge is 0.378 e. The van der Waals surface area contributed by atoms with Crippen LogP contribution < -0.4 is 0 Å². The second-order valence-electron chi connectivity index (χ2n) is 6.47. The fourth-order valence-electron chi connectivity index (χ4n) is 3.66. The van der Waals surface area contributed by atoms with Crippen molar-refractivity contribution in [2.75, 3.05) is 13.2 Å². The highest BCUT2D eigenvalue weighted by molar-refractivity contribution is 9.10. The summed E-state index contributed by atoms with van der Waals surface area (Å²) in [4.78, 5) is 2.51. The number of ether oxygens (including phenoxy) is 1. The molecule has 124 valence electrons. The normalized spacial score (nSPS) is 23.8. The van der Waals surface area contributed by atoms with Crippen LogP contribution in [0.2, 0.25) is 0 Å². The zero-order chi connectivity index (χ0) is 16.5. The summed E-state index contributed by atoms with van der Waals surface area (Å²) in [6.07, 6.45) is 3.14. The van der Waals surface area contributed by atoms with Crippen molar-refractivity contribution in [2.24, 2.45) is 0 Å². The summed E-state index contributed by atoms with van der Waals surface area (Å²) in [7, 11) is 0. The van der Waals surface area contributed by atoms with Gasteiger partial charge in [-0.05, 0) is 41.3 Å². The molecule has 0 amide bonds. The highest BCUT2D eigenvalue weighted by Crippen LogP contribution is 2.34. The maximum absolute atomic E-state index is 13.7. The van der Waals surface area contributed by atoms with Gasteiger partial charge < -0.3 is 4.74 Å². The quantitative estimate of drug-likeness (QED) is 0.760. The molecule has 1 fully saturated rings. The minimum atomic E-state index is -0.201. The Morgan fingerprint density at radius 2 is 1.96 bits per heavy atom.